The molecule has 1 aromatic rings. The molecule has 0 amide bonds. The maximum Gasteiger partial charge on any atom is 0.154 e. The molecule has 2 rings (SSSR count). The van der Waals surface area contributed by atoms with E-state index < -0.39 is 0 Å². The van der Waals surface area contributed by atoms with Crippen LogP contribution in [0.2, 0.25) is 0 Å². The van der Waals surface area contributed by atoms with Crippen LogP contribution in [0.5, 0.6) is 0 Å². The van der Waals surface area contributed by atoms with Gasteiger partial charge < -0.3 is 0 Å². The van der Waals surface area contributed by atoms with E-state index in [-0.39, 0.29) is 0 Å². The lowest BCUT2D eigenvalue weighted by Crippen LogP contribution is -2.12. The SMILES string of the molecule is C[C@@H]1C=NC(c2ccccc2)=NC1. The van der Waals surface area contributed by atoms with Gasteiger partial charge in [-0.2, -0.15) is 0 Å². The molecular formula is C11H12N2. The minimum atomic E-state index is 0.479. The molecule has 0 fully saturated rings. The average molecular weight is 172 g/mol. The average Bonchev–Trinajstić information content (AvgIpc) is 2.20. The second-order valence-electron chi connectivity index (χ2n) is 3.29. The molecular weight excluding hydrogens is 160 g/mol. The lowest BCUT2D eigenvalue weighted by atomic mass is 10.1. The molecule has 1 aromatic carbocycles. The van der Waals surface area contributed by atoms with Gasteiger partial charge in [0.1, 0.15) is 0 Å². The van der Waals surface area contributed by atoms with Crippen LogP contribution in [0.15, 0.2) is 40.3 Å². The van der Waals surface area contributed by atoms with Gasteiger partial charge in [-0.25, -0.2) is 4.99 Å². The van der Waals surface area contributed by atoms with Crippen LogP contribution in [0.1, 0.15) is 12.5 Å². The first kappa shape index (κ1) is 8.17. The van der Waals surface area contributed by atoms with Crippen molar-refractivity contribution in [3.05, 3.63) is 35.9 Å². The Morgan fingerprint density at radius 2 is 2.00 bits per heavy atom. The highest BCUT2D eigenvalue weighted by atomic mass is 14.9. The van der Waals surface area contributed by atoms with E-state index >= 15 is 0 Å². The molecule has 1 heterocycles. The van der Waals surface area contributed by atoms with E-state index in [1.807, 2.05) is 36.5 Å². The van der Waals surface area contributed by atoms with Gasteiger partial charge >= 0.3 is 0 Å². The first-order chi connectivity index (χ1) is 6.36. The van der Waals surface area contributed by atoms with Crippen LogP contribution >= 0.6 is 0 Å². The van der Waals surface area contributed by atoms with E-state index in [0.717, 1.165) is 17.9 Å². The molecule has 0 saturated carbocycles. The number of nitrogens with zero attached hydrogens (tertiary/aromatic N) is 2. The molecule has 0 aromatic heterocycles. The third-order valence-electron chi connectivity index (χ3n) is 2.01. The molecule has 2 heteroatoms. The highest BCUT2D eigenvalue weighted by Crippen LogP contribution is 2.07. The quantitative estimate of drug-likeness (QED) is 0.620. The molecule has 13 heavy (non-hydrogen) atoms. The van der Waals surface area contributed by atoms with Crippen LogP contribution in [0.3, 0.4) is 0 Å². The van der Waals surface area contributed by atoms with E-state index in [4.69, 9.17) is 0 Å². The fourth-order valence-electron chi connectivity index (χ4n) is 1.27. The maximum absolute atomic E-state index is 4.40. The van der Waals surface area contributed by atoms with Crippen LogP contribution in [-0.2, 0) is 0 Å². The highest BCUT2D eigenvalue weighted by Gasteiger charge is 2.06. The van der Waals surface area contributed by atoms with Gasteiger partial charge in [-0.05, 0) is 0 Å². The normalized spacial score (nSPS) is 21.3. The summed E-state index contributed by atoms with van der Waals surface area (Å²) in [6, 6.07) is 10.1. The van der Waals surface area contributed by atoms with Crippen molar-refractivity contribution in [2.75, 3.05) is 6.54 Å². The van der Waals surface area contributed by atoms with Gasteiger partial charge in [0.05, 0.1) is 0 Å². The van der Waals surface area contributed by atoms with Crippen molar-refractivity contribution in [1.82, 2.24) is 0 Å². The first-order valence-electron chi connectivity index (χ1n) is 4.50. The van der Waals surface area contributed by atoms with E-state index in [9.17, 15) is 0 Å². The van der Waals surface area contributed by atoms with Gasteiger partial charge in [0.25, 0.3) is 0 Å². The number of hydrogen-bond donors (Lipinski definition) is 0. The smallest absolute Gasteiger partial charge is 0.154 e. The van der Waals surface area contributed by atoms with Gasteiger partial charge in [0.2, 0.25) is 0 Å². The Morgan fingerprint density at radius 3 is 2.62 bits per heavy atom. The largest absolute Gasteiger partial charge is 0.266 e. The molecule has 1 aliphatic heterocycles. The Bertz CT molecular complexity index is 338. The molecule has 0 bridgehead atoms. The zero-order chi connectivity index (χ0) is 9.10. The molecule has 0 aliphatic carbocycles. The molecule has 0 radical (unpaired) electrons. The van der Waals surface area contributed by atoms with E-state index in [0.29, 0.717) is 5.92 Å². The molecule has 0 spiro atoms. The fourth-order valence-corrected chi connectivity index (χ4v) is 1.27. The van der Waals surface area contributed by atoms with E-state index in [1.54, 1.807) is 0 Å². The highest BCUT2D eigenvalue weighted by molar-refractivity contribution is 6.04. The van der Waals surface area contributed by atoms with Gasteiger partial charge in [-0.3, -0.25) is 4.99 Å². The van der Waals surface area contributed by atoms with Crippen molar-refractivity contribution in [3.8, 4) is 0 Å². The second-order valence-corrected chi connectivity index (χ2v) is 3.29. The summed E-state index contributed by atoms with van der Waals surface area (Å²) in [4.78, 5) is 8.71. The standard InChI is InChI=1S/C11H12N2/c1-9-7-12-11(13-8-9)10-5-3-2-4-6-10/h2-7,9H,8H2,1H3/t9-/m1/s1. The van der Waals surface area contributed by atoms with Crippen molar-refractivity contribution in [1.29, 1.82) is 0 Å². The van der Waals surface area contributed by atoms with E-state index in [1.165, 1.54) is 0 Å². The summed E-state index contributed by atoms with van der Waals surface area (Å²) in [7, 11) is 0. The molecule has 66 valence electrons. The van der Waals surface area contributed by atoms with Crippen LogP contribution in [0.4, 0.5) is 0 Å². The van der Waals surface area contributed by atoms with Gasteiger partial charge in [0.15, 0.2) is 5.84 Å². The summed E-state index contributed by atoms with van der Waals surface area (Å²) >= 11 is 0. The Labute approximate surface area is 78.0 Å². The lowest BCUT2D eigenvalue weighted by molar-refractivity contribution is 0.789. The lowest BCUT2D eigenvalue weighted by Gasteiger charge is -2.09. The zero-order valence-corrected chi connectivity index (χ0v) is 7.64. The summed E-state index contributed by atoms with van der Waals surface area (Å²) in [5, 5.41) is 0. The molecule has 1 aliphatic rings. The summed E-state index contributed by atoms with van der Waals surface area (Å²) in [5.41, 5.74) is 1.10. The van der Waals surface area contributed by atoms with Crippen molar-refractivity contribution in [2.45, 2.75) is 6.92 Å². The minimum Gasteiger partial charge on any atom is -0.266 e. The zero-order valence-electron chi connectivity index (χ0n) is 7.64. The number of benzene rings is 1. The Balaban J connectivity index is 2.25. The second kappa shape index (κ2) is 3.52. The molecule has 2 nitrogen and oxygen atoms in total. The van der Waals surface area contributed by atoms with Crippen molar-refractivity contribution >= 4 is 12.1 Å². The maximum atomic E-state index is 4.40. The van der Waals surface area contributed by atoms with Crippen LogP contribution in [0.25, 0.3) is 0 Å². The Kier molecular flexibility index (Phi) is 2.21. The van der Waals surface area contributed by atoms with Crippen LogP contribution in [0, 0.1) is 5.92 Å². The molecule has 0 N–H and O–H groups in total. The summed E-state index contributed by atoms with van der Waals surface area (Å²) in [6.07, 6.45) is 1.97. The predicted molar refractivity (Wildman–Crippen MR) is 55.5 cm³/mol. The molecule has 0 saturated heterocycles. The van der Waals surface area contributed by atoms with Gasteiger partial charge in [-0.15, -0.1) is 0 Å². The fraction of sp³-hybridized carbons (Fsp3) is 0.273. The number of amidine groups is 1. The minimum absolute atomic E-state index is 0.479. The monoisotopic (exact) mass is 172 g/mol. The van der Waals surface area contributed by atoms with Crippen molar-refractivity contribution in [3.63, 3.8) is 0 Å². The third kappa shape index (κ3) is 1.83. The molecule has 0 unspecified atom stereocenters. The Morgan fingerprint density at radius 1 is 1.23 bits per heavy atom. The summed E-state index contributed by atoms with van der Waals surface area (Å²) in [5.74, 6) is 1.34. The van der Waals surface area contributed by atoms with E-state index in [2.05, 4.69) is 16.9 Å². The predicted octanol–water partition coefficient (Wildman–Crippen LogP) is 2.15. The Hall–Kier alpha value is -1.44. The van der Waals surface area contributed by atoms with Crippen LogP contribution in [-0.4, -0.2) is 18.6 Å². The summed E-state index contributed by atoms with van der Waals surface area (Å²) in [6.45, 7) is 2.97. The number of hydrogen-bond acceptors (Lipinski definition) is 2. The molecule has 1 atom stereocenters. The third-order valence-corrected chi connectivity index (χ3v) is 2.01. The van der Waals surface area contributed by atoms with Crippen molar-refractivity contribution in [2.24, 2.45) is 15.9 Å². The van der Waals surface area contributed by atoms with Crippen LogP contribution < -0.4 is 0 Å². The number of rotatable bonds is 1. The van der Waals surface area contributed by atoms with Gasteiger partial charge in [-0.1, -0.05) is 37.3 Å². The first-order valence-corrected chi connectivity index (χ1v) is 4.50. The van der Waals surface area contributed by atoms with Gasteiger partial charge in [0, 0.05) is 24.2 Å². The topological polar surface area (TPSA) is 24.7 Å². The summed E-state index contributed by atoms with van der Waals surface area (Å²) < 4.78 is 0. The van der Waals surface area contributed by atoms with Crippen molar-refractivity contribution < 1.29 is 0 Å². The number of aliphatic imine (C=N–C) groups is 2.